The Kier molecular flexibility index (Phi) is 4.03. The predicted octanol–water partition coefficient (Wildman–Crippen LogP) is 2.57. The van der Waals surface area contributed by atoms with Crippen molar-refractivity contribution in [3.8, 4) is 11.4 Å². The third kappa shape index (κ3) is 3.50. The minimum Gasteiger partial charge on any atom is -0.338 e. The minimum atomic E-state index is -4.37. The monoisotopic (exact) mass is 342 g/mol. The predicted molar refractivity (Wildman–Crippen MR) is 73.1 cm³/mol. The highest BCUT2D eigenvalue weighted by atomic mass is 32.2. The Morgan fingerprint density at radius 3 is 2.57 bits per heavy atom. The number of halogens is 3. The normalized spacial score (nSPS) is 11.8. The Morgan fingerprint density at radius 1 is 1.22 bits per heavy atom. The van der Waals surface area contributed by atoms with Crippen molar-refractivity contribution in [1.82, 2.24) is 30.3 Å². The fourth-order valence-corrected chi connectivity index (χ4v) is 2.40. The summed E-state index contributed by atoms with van der Waals surface area (Å²) in [7, 11) is 1.70. The van der Waals surface area contributed by atoms with Crippen LogP contribution >= 0.6 is 11.8 Å². The molecular weight excluding hydrogens is 333 g/mol. The molecule has 0 aliphatic rings. The first-order valence-corrected chi connectivity index (χ1v) is 7.27. The summed E-state index contributed by atoms with van der Waals surface area (Å²) >= 11 is 1.30. The maximum Gasteiger partial charge on any atom is 0.416 e. The molecule has 0 atom stereocenters. The Morgan fingerprint density at radius 2 is 1.96 bits per heavy atom. The van der Waals surface area contributed by atoms with Gasteiger partial charge in [-0.05, 0) is 22.6 Å². The van der Waals surface area contributed by atoms with Crippen molar-refractivity contribution < 1.29 is 17.7 Å². The van der Waals surface area contributed by atoms with Gasteiger partial charge in [0, 0.05) is 12.6 Å². The fraction of sp³-hybridized carbons (Fsp3) is 0.250. The highest BCUT2D eigenvalue weighted by Crippen LogP contribution is 2.30. The van der Waals surface area contributed by atoms with Gasteiger partial charge in [0.25, 0.3) is 0 Å². The van der Waals surface area contributed by atoms with Crippen molar-refractivity contribution in [2.45, 2.75) is 17.1 Å². The van der Waals surface area contributed by atoms with Crippen LogP contribution in [0.25, 0.3) is 11.4 Å². The highest BCUT2D eigenvalue weighted by Gasteiger charge is 2.30. The molecule has 0 bridgehead atoms. The van der Waals surface area contributed by atoms with Crippen LogP contribution in [0.15, 0.2) is 33.9 Å². The first kappa shape index (κ1) is 15.5. The molecule has 11 heteroatoms. The maximum atomic E-state index is 12.5. The second-order valence-electron chi connectivity index (χ2n) is 4.46. The summed E-state index contributed by atoms with van der Waals surface area (Å²) < 4.78 is 44.1. The van der Waals surface area contributed by atoms with E-state index >= 15 is 0 Å². The van der Waals surface area contributed by atoms with Gasteiger partial charge in [-0.25, -0.2) is 4.68 Å². The quantitative estimate of drug-likeness (QED) is 0.674. The van der Waals surface area contributed by atoms with Gasteiger partial charge in [0.15, 0.2) is 0 Å². The smallest absolute Gasteiger partial charge is 0.338 e. The van der Waals surface area contributed by atoms with E-state index in [1.165, 1.54) is 28.6 Å². The molecular formula is C12H9F3N6OS. The first-order chi connectivity index (χ1) is 10.9. The molecule has 120 valence electrons. The summed E-state index contributed by atoms with van der Waals surface area (Å²) in [6.45, 7) is 0. The molecule has 7 nitrogen and oxygen atoms in total. The van der Waals surface area contributed by atoms with Crippen molar-refractivity contribution in [1.29, 1.82) is 0 Å². The summed E-state index contributed by atoms with van der Waals surface area (Å²) in [5, 5.41) is 15.3. The first-order valence-electron chi connectivity index (χ1n) is 6.29. The van der Waals surface area contributed by atoms with Crippen LogP contribution in [0.2, 0.25) is 0 Å². The number of nitrogens with zero attached hydrogens (tertiary/aromatic N) is 6. The average molecular weight is 342 g/mol. The Bertz CT molecular complexity index is 798. The molecule has 0 fully saturated rings. The molecule has 0 saturated heterocycles. The summed E-state index contributed by atoms with van der Waals surface area (Å²) in [5.74, 6) is 0.903. The molecule has 3 aromatic rings. The molecule has 0 saturated carbocycles. The number of alkyl halides is 3. The third-order valence-corrected chi connectivity index (χ3v) is 3.84. The summed E-state index contributed by atoms with van der Waals surface area (Å²) in [4.78, 5) is 4.14. The van der Waals surface area contributed by atoms with Crippen LogP contribution in [0.3, 0.4) is 0 Å². The average Bonchev–Trinajstić information content (AvgIpc) is 3.13. The molecule has 2 heterocycles. The van der Waals surface area contributed by atoms with Crippen molar-refractivity contribution >= 4 is 11.8 Å². The maximum absolute atomic E-state index is 12.5. The van der Waals surface area contributed by atoms with E-state index in [1.807, 2.05) is 0 Å². The molecule has 0 aliphatic carbocycles. The summed E-state index contributed by atoms with van der Waals surface area (Å²) in [6, 6.07) is 4.56. The second-order valence-corrected chi connectivity index (χ2v) is 5.40. The van der Waals surface area contributed by atoms with Gasteiger partial charge in [0.2, 0.25) is 16.9 Å². The van der Waals surface area contributed by atoms with E-state index in [1.54, 1.807) is 7.05 Å². The second kappa shape index (κ2) is 5.99. The van der Waals surface area contributed by atoms with Gasteiger partial charge < -0.3 is 4.52 Å². The lowest BCUT2D eigenvalue weighted by Crippen LogP contribution is -2.04. The number of tetrazole rings is 1. The number of rotatable bonds is 4. The van der Waals surface area contributed by atoms with E-state index in [2.05, 4.69) is 25.7 Å². The zero-order valence-corrected chi connectivity index (χ0v) is 12.5. The number of hydrogen-bond acceptors (Lipinski definition) is 7. The topological polar surface area (TPSA) is 82.5 Å². The molecule has 3 rings (SSSR count). The fourth-order valence-electron chi connectivity index (χ4n) is 1.71. The Balaban J connectivity index is 1.70. The van der Waals surface area contributed by atoms with E-state index in [4.69, 9.17) is 4.52 Å². The van der Waals surface area contributed by atoms with Gasteiger partial charge >= 0.3 is 6.18 Å². The Labute approximate surface area is 131 Å². The molecule has 0 radical (unpaired) electrons. The molecule has 0 N–H and O–H groups in total. The van der Waals surface area contributed by atoms with Crippen LogP contribution in [0.1, 0.15) is 11.5 Å². The number of aromatic nitrogens is 6. The van der Waals surface area contributed by atoms with E-state index in [9.17, 15) is 13.2 Å². The standard InChI is InChI=1S/C12H9F3N6OS/c1-21-11(17-19-20-21)23-6-9-16-10(18-22-9)7-2-4-8(5-3-7)12(13,14)15/h2-5H,6H2,1H3. The van der Waals surface area contributed by atoms with Crippen LogP contribution in [0.5, 0.6) is 0 Å². The van der Waals surface area contributed by atoms with Crippen molar-refractivity contribution in [3.05, 3.63) is 35.7 Å². The third-order valence-electron chi connectivity index (χ3n) is 2.84. The lowest BCUT2D eigenvalue weighted by molar-refractivity contribution is -0.137. The van der Waals surface area contributed by atoms with Gasteiger partial charge in [-0.2, -0.15) is 18.2 Å². The molecule has 23 heavy (non-hydrogen) atoms. The summed E-state index contributed by atoms with van der Waals surface area (Å²) in [6.07, 6.45) is -4.37. The molecule has 0 spiro atoms. The molecule has 1 aromatic carbocycles. The molecule has 0 unspecified atom stereocenters. The van der Waals surface area contributed by atoms with Crippen LogP contribution in [-0.2, 0) is 19.0 Å². The molecule has 0 amide bonds. The van der Waals surface area contributed by atoms with Crippen molar-refractivity contribution in [2.24, 2.45) is 7.05 Å². The minimum absolute atomic E-state index is 0.227. The van der Waals surface area contributed by atoms with Crippen LogP contribution in [0.4, 0.5) is 13.2 Å². The van der Waals surface area contributed by atoms with Crippen molar-refractivity contribution in [2.75, 3.05) is 0 Å². The number of benzene rings is 1. The lowest BCUT2D eigenvalue weighted by Gasteiger charge is -2.05. The number of hydrogen-bond donors (Lipinski definition) is 0. The Hall–Kier alpha value is -2.43. The number of aryl methyl sites for hydroxylation is 1. The van der Waals surface area contributed by atoms with E-state index in [0.717, 1.165) is 12.1 Å². The van der Waals surface area contributed by atoms with Gasteiger partial charge in [0.1, 0.15) is 0 Å². The summed E-state index contributed by atoms with van der Waals surface area (Å²) in [5.41, 5.74) is -0.284. The van der Waals surface area contributed by atoms with E-state index < -0.39 is 11.7 Å². The zero-order valence-electron chi connectivity index (χ0n) is 11.7. The SMILES string of the molecule is Cn1nnnc1SCc1nc(-c2ccc(C(F)(F)F)cc2)no1. The van der Waals surface area contributed by atoms with Gasteiger partial charge in [-0.15, -0.1) is 5.10 Å². The molecule has 0 aliphatic heterocycles. The highest BCUT2D eigenvalue weighted by molar-refractivity contribution is 7.98. The lowest BCUT2D eigenvalue weighted by atomic mass is 10.1. The van der Waals surface area contributed by atoms with E-state index in [0.29, 0.717) is 22.4 Å². The van der Waals surface area contributed by atoms with Crippen LogP contribution < -0.4 is 0 Å². The number of thioether (sulfide) groups is 1. The largest absolute Gasteiger partial charge is 0.416 e. The molecule has 2 aromatic heterocycles. The van der Waals surface area contributed by atoms with Gasteiger partial charge in [0.05, 0.1) is 11.3 Å². The zero-order chi connectivity index (χ0) is 16.4. The van der Waals surface area contributed by atoms with Crippen LogP contribution in [0, 0.1) is 0 Å². The van der Waals surface area contributed by atoms with Gasteiger partial charge in [-0.1, -0.05) is 29.1 Å². The van der Waals surface area contributed by atoms with Gasteiger partial charge in [-0.3, -0.25) is 0 Å². The van der Waals surface area contributed by atoms with Crippen LogP contribution in [-0.4, -0.2) is 30.3 Å². The van der Waals surface area contributed by atoms with E-state index in [-0.39, 0.29) is 5.82 Å². The van der Waals surface area contributed by atoms with Crippen molar-refractivity contribution in [3.63, 3.8) is 0 Å².